The topological polar surface area (TPSA) is 57.2 Å². The van der Waals surface area contributed by atoms with E-state index in [1.165, 1.54) is 6.07 Å². The smallest absolute Gasteiger partial charge is 0.254 e. The third-order valence-corrected chi connectivity index (χ3v) is 2.66. The van der Waals surface area contributed by atoms with Crippen molar-refractivity contribution in [3.63, 3.8) is 0 Å². The molecule has 0 amide bonds. The van der Waals surface area contributed by atoms with E-state index < -0.39 is 0 Å². The molecule has 1 heterocycles. The van der Waals surface area contributed by atoms with Gasteiger partial charge in [0.25, 0.3) is 5.56 Å². The number of pyridine rings is 1. The van der Waals surface area contributed by atoms with Gasteiger partial charge in [-0.2, -0.15) is 0 Å². The average Bonchev–Trinajstić information content (AvgIpc) is 2.23. The maximum Gasteiger partial charge on any atom is 0.254 e. The monoisotopic (exact) mass is 224 g/mol. The van der Waals surface area contributed by atoms with Crippen molar-refractivity contribution in [2.45, 2.75) is 20.8 Å². The lowest BCUT2D eigenvalue weighted by molar-refractivity contribution is 0.186. The highest BCUT2D eigenvalue weighted by molar-refractivity contribution is 5.23. The predicted molar refractivity (Wildman–Crippen MR) is 64.8 cm³/mol. The molecule has 1 aromatic heterocycles. The fourth-order valence-corrected chi connectivity index (χ4v) is 1.16. The Bertz CT molecular complexity index is 422. The maximum absolute atomic E-state index is 11.5. The van der Waals surface area contributed by atoms with Crippen LogP contribution in [0.1, 0.15) is 19.5 Å². The molecule has 0 atom stereocenters. The number of nitrogens with two attached hydrogens (primary N) is 1. The van der Waals surface area contributed by atoms with Gasteiger partial charge in [0.1, 0.15) is 5.75 Å². The minimum absolute atomic E-state index is 0.0550. The first kappa shape index (κ1) is 12.8. The van der Waals surface area contributed by atoms with Gasteiger partial charge in [-0.1, -0.05) is 13.8 Å². The summed E-state index contributed by atoms with van der Waals surface area (Å²) in [5.74, 6) is 0.613. The second-order valence-electron chi connectivity index (χ2n) is 4.89. The average molecular weight is 224 g/mol. The first-order valence-corrected chi connectivity index (χ1v) is 5.36. The minimum atomic E-state index is -0.0744. The zero-order valence-electron chi connectivity index (χ0n) is 10.4. The normalized spacial score (nSPS) is 11.6. The molecule has 16 heavy (non-hydrogen) atoms. The summed E-state index contributed by atoms with van der Waals surface area (Å²) in [6.07, 6.45) is 0. The first-order chi connectivity index (χ1) is 7.35. The Kier molecular flexibility index (Phi) is 3.75. The third-order valence-electron chi connectivity index (χ3n) is 2.66. The minimum Gasteiger partial charge on any atom is -0.493 e. The van der Waals surface area contributed by atoms with Crippen LogP contribution in [-0.2, 0) is 7.05 Å². The number of aromatic nitrogens is 1. The number of nitrogens with zero attached hydrogens (tertiary/aromatic N) is 1. The Morgan fingerprint density at radius 3 is 2.56 bits per heavy atom. The van der Waals surface area contributed by atoms with E-state index in [-0.39, 0.29) is 11.0 Å². The van der Waals surface area contributed by atoms with Crippen molar-refractivity contribution in [1.29, 1.82) is 0 Å². The fraction of sp³-hybridized carbons (Fsp3) is 0.583. The van der Waals surface area contributed by atoms with Crippen molar-refractivity contribution in [2.24, 2.45) is 18.2 Å². The van der Waals surface area contributed by atoms with Crippen LogP contribution in [0.5, 0.6) is 5.75 Å². The zero-order chi connectivity index (χ0) is 12.3. The lowest BCUT2D eigenvalue weighted by Crippen LogP contribution is -2.30. The number of ether oxygens (including phenoxy) is 1. The number of hydrogen-bond acceptors (Lipinski definition) is 3. The van der Waals surface area contributed by atoms with Crippen LogP contribution >= 0.6 is 0 Å². The van der Waals surface area contributed by atoms with Crippen LogP contribution in [0.25, 0.3) is 0 Å². The SMILES string of the molecule is Cc1cc(OCC(C)(C)CN)cc(=O)n1C. The molecule has 90 valence electrons. The molecule has 0 unspecified atom stereocenters. The van der Waals surface area contributed by atoms with E-state index in [2.05, 4.69) is 0 Å². The van der Waals surface area contributed by atoms with Crippen LogP contribution in [-0.4, -0.2) is 17.7 Å². The summed E-state index contributed by atoms with van der Waals surface area (Å²) in [4.78, 5) is 11.5. The van der Waals surface area contributed by atoms with Gasteiger partial charge in [-0.25, -0.2) is 0 Å². The van der Waals surface area contributed by atoms with Crippen molar-refractivity contribution in [2.75, 3.05) is 13.2 Å². The number of aryl methyl sites for hydroxylation is 1. The fourth-order valence-electron chi connectivity index (χ4n) is 1.16. The molecule has 2 N–H and O–H groups in total. The number of hydrogen-bond donors (Lipinski definition) is 1. The molecule has 0 bridgehead atoms. The molecule has 0 aliphatic rings. The van der Waals surface area contributed by atoms with Gasteiger partial charge >= 0.3 is 0 Å². The van der Waals surface area contributed by atoms with Crippen molar-refractivity contribution >= 4 is 0 Å². The van der Waals surface area contributed by atoms with Crippen LogP contribution in [0.15, 0.2) is 16.9 Å². The molecule has 0 spiro atoms. The molecule has 0 aliphatic carbocycles. The lowest BCUT2D eigenvalue weighted by Gasteiger charge is -2.22. The van der Waals surface area contributed by atoms with Gasteiger partial charge in [-0.05, 0) is 13.0 Å². The molecule has 0 aliphatic heterocycles. The number of rotatable bonds is 4. The Morgan fingerprint density at radius 2 is 2.06 bits per heavy atom. The second-order valence-corrected chi connectivity index (χ2v) is 4.89. The highest BCUT2D eigenvalue weighted by atomic mass is 16.5. The Hall–Kier alpha value is -1.29. The molecular weight excluding hydrogens is 204 g/mol. The van der Waals surface area contributed by atoms with Gasteiger partial charge in [0, 0.05) is 30.8 Å². The van der Waals surface area contributed by atoms with Crippen molar-refractivity contribution in [3.05, 3.63) is 28.2 Å². The van der Waals surface area contributed by atoms with Crippen molar-refractivity contribution in [1.82, 2.24) is 4.57 Å². The van der Waals surface area contributed by atoms with Gasteiger partial charge < -0.3 is 15.0 Å². The van der Waals surface area contributed by atoms with Gasteiger partial charge in [-0.3, -0.25) is 4.79 Å². The molecule has 0 fully saturated rings. The summed E-state index contributed by atoms with van der Waals surface area (Å²) in [5, 5.41) is 0. The molecular formula is C12H20N2O2. The standard InChI is InChI=1S/C12H20N2O2/c1-9-5-10(6-11(15)14(9)4)16-8-12(2,3)7-13/h5-6H,7-8,13H2,1-4H3. The van der Waals surface area contributed by atoms with Crippen LogP contribution in [0, 0.1) is 12.3 Å². The summed E-state index contributed by atoms with van der Waals surface area (Å²) >= 11 is 0. The third kappa shape index (κ3) is 3.10. The summed E-state index contributed by atoms with van der Waals surface area (Å²) in [5.41, 5.74) is 6.36. The Labute approximate surface area is 96.0 Å². The van der Waals surface area contributed by atoms with E-state index in [1.54, 1.807) is 11.6 Å². The first-order valence-electron chi connectivity index (χ1n) is 5.36. The van der Waals surface area contributed by atoms with Crippen LogP contribution in [0.3, 0.4) is 0 Å². The van der Waals surface area contributed by atoms with E-state index >= 15 is 0 Å². The van der Waals surface area contributed by atoms with E-state index in [4.69, 9.17) is 10.5 Å². The highest BCUT2D eigenvalue weighted by Gasteiger charge is 2.16. The van der Waals surface area contributed by atoms with E-state index in [0.717, 1.165) is 5.69 Å². The summed E-state index contributed by atoms with van der Waals surface area (Å²) < 4.78 is 7.17. The molecule has 1 aromatic rings. The maximum atomic E-state index is 11.5. The Morgan fingerprint density at radius 1 is 1.44 bits per heavy atom. The molecule has 4 nitrogen and oxygen atoms in total. The quantitative estimate of drug-likeness (QED) is 0.832. The second kappa shape index (κ2) is 4.70. The Balaban J connectivity index is 2.80. The molecule has 0 saturated heterocycles. The van der Waals surface area contributed by atoms with Crippen molar-refractivity contribution in [3.8, 4) is 5.75 Å². The largest absolute Gasteiger partial charge is 0.493 e. The lowest BCUT2D eigenvalue weighted by atomic mass is 9.95. The summed E-state index contributed by atoms with van der Waals surface area (Å²) in [7, 11) is 1.74. The summed E-state index contributed by atoms with van der Waals surface area (Å²) in [6, 6.07) is 3.35. The van der Waals surface area contributed by atoms with Gasteiger partial charge in [-0.15, -0.1) is 0 Å². The van der Waals surface area contributed by atoms with Gasteiger partial charge in [0.05, 0.1) is 6.61 Å². The summed E-state index contributed by atoms with van der Waals surface area (Å²) in [6.45, 7) is 7.00. The van der Waals surface area contributed by atoms with E-state index in [1.807, 2.05) is 26.8 Å². The molecule has 1 rings (SSSR count). The molecule has 0 radical (unpaired) electrons. The van der Waals surface area contributed by atoms with Gasteiger partial charge in [0.15, 0.2) is 0 Å². The van der Waals surface area contributed by atoms with Gasteiger partial charge in [0.2, 0.25) is 0 Å². The predicted octanol–water partition coefficient (Wildman–Crippen LogP) is 1.06. The van der Waals surface area contributed by atoms with Crippen LogP contribution < -0.4 is 16.0 Å². The zero-order valence-corrected chi connectivity index (χ0v) is 10.4. The van der Waals surface area contributed by atoms with Crippen LogP contribution in [0.2, 0.25) is 0 Å². The van der Waals surface area contributed by atoms with Crippen molar-refractivity contribution < 1.29 is 4.74 Å². The van der Waals surface area contributed by atoms with E-state index in [9.17, 15) is 4.79 Å². The van der Waals surface area contributed by atoms with E-state index in [0.29, 0.717) is 18.9 Å². The highest BCUT2D eigenvalue weighted by Crippen LogP contribution is 2.16. The van der Waals surface area contributed by atoms with Crippen LogP contribution in [0.4, 0.5) is 0 Å². The molecule has 0 aromatic carbocycles. The molecule has 0 saturated carbocycles. The molecule has 4 heteroatoms.